The quantitative estimate of drug-likeness (QED) is 0.874. The zero-order valence-corrected chi connectivity index (χ0v) is 11.1. The van der Waals surface area contributed by atoms with Crippen LogP contribution in [0, 0.1) is 0 Å². The molecule has 0 radical (unpaired) electrons. The van der Waals surface area contributed by atoms with Crippen molar-refractivity contribution in [2.75, 3.05) is 6.54 Å². The maximum absolute atomic E-state index is 9.61. The van der Waals surface area contributed by atoms with Crippen molar-refractivity contribution >= 4 is 0 Å². The van der Waals surface area contributed by atoms with Crippen molar-refractivity contribution < 1.29 is 5.11 Å². The van der Waals surface area contributed by atoms with Crippen LogP contribution in [0.5, 0.6) is 0 Å². The van der Waals surface area contributed by atoms with Crippen molar-refractivity contribution in [3.05, 3.63) is 42.1 Å². The molecule has 1 aromatic carbocycles. The monoisotopic (exact) mass is 257 g/mol. The van der Waals surface area contributed by atoms with E-state index in [0.29, 0.717) is 6.54 Å². The van der Waals surface area contributed by atoms with Gasteiger partial charge in [-0.15, -0.1) is 0 Å². The van der Waals surface area contributed by atoms with Crippen molar-refractivity contribution in [1.82, 2.24) is 9.78 Å². The molecule has 2 aromatic rings. The van der Waals surface area contributed by atoms with Crippen LogP contribution in [0.25, 0.3) is 11.3 Å². The van der Waals surface area contributed by atoms with Gasteiger partial charge in [0.1, 0.15) is 0 Å². The minimum absolute atomic E-state index is 0.103. The second-order valence-electron chi connectivity index (χ2n) is 5.45. The van der Waals surface area contributed by atoms with Crippen LogP contribution in [0.4, 0.5) is 0 Å². The molecule has 19 heavy (non-hydrogen) atoms. The smallest absolute Gasteiger partial charge is 0.0926 e. The minimum Gasteiger partial charge on any atom is -0.393 e. The van der Waals surface area contributed by atoms with E-state index in [4.69, 9.17) is 5.73 Å². The van der Waals surface area contributed by atoms with Crippen LogP contribution < -0.4 is 5.73 Å². The predicted molar refractivity (Wildman–Crippen MR) is 74.6 cm³/mol. The zero-order valence-electron chi connectivity index (χ0n) is 11.1. The van der Waals surface area contributed by atoms with Gasteiger partial charge in [0.15, 0.2) is 0 Å². The SMILES string of the molecule is Cn1nc(-c2ccccc2)cc1C1(CN)CC(O)C1. The molecule has 0 aliphatic heterocycles. The molecule has 0 spiro atoms. The van der Waals surface area contributed by atoms with E-state index in [2.05, 4.69) is 23.3 Å². The minimum atomic E-state index is -0.223. The van der Waals surface area contributed by atoms with E-state index in [-0.39, 0.29) is 11.5 Å². The van der Waals surface area contributed by atoms with E-state index in [0.717, 1.165) is 29.8 Å². The van der Waals surface area contributed by atoms with Gasteiger partial charge in [-0.25, -0.2) is 0 Å². The summed E-state index contributed by atoms with van der Waals surface area (Å²) in [5, 5.41) is 14.2. The average molecular weight is 257 g/mol. The first kappa shape index (κ1) is 12.4. The van der Waals surface area contributed by atoms with E-state index < -0.39 is 0 Å². The number of aliphatic hydroxyl groups excluding tert-OH is 1. The summed E-state index contributed by atoms with van der Waals surface area (Å²) in [4.78, 5) is 0. The predicted octanol–water partition coefficient (Wildman–Crippen LogP) is 1.44. The lowest BCUT2D eigenvalue weighted by molar-refractivity contribution is 0.0183. The largest absolute Gasteiger partial charge is 0.393 e. The van der Waals surface area contributed by atoms with Crippen LogP contribution in [0.3, 0.4) is 0 Å². The highest BCUT2D eigenvalue weighted by molar-refractivity contribution is 5.59. The lowest BCUT2D eigenvalue weighted by atomic mass is 9.64. The molecule has 4 nitrogen and oxygen atoms in total. The van der Waals surface area contributed by atoms with Crippen LogP contribution in [-0.2, 0) is 12.5 Å². The van der Waals surface area contributed by atoms with Gasteiger partial charge in [0.25, 0.3) is 0 Å². The molecule has 1 fully saturated rings. The molecule has 3 rings (SSSR count). The number of rotatable bonds is 3. The Morgan fingerprint density at radius 1 is 1.37 bits per heavy atom. The van der Waals surface area contributed by atoms with Gasteiger partial charge in [-0.05, 0) is 18.9 Å². The summed E-state index contributed by atoms with van der Waals surface area (Å²) in [7, 11) is 1.95. The Kier molecular flexibility index (Phi) is 2.92. The van der Waals surface area contributed by atoms with Crippen molar-refractivity contribution in [3.63, 3.8) is 0 Å². The standard InChI is InChI=1S/C15H19N3O/c1-18-14(15(10-16)8-12(19)9-15)7-13(17-18)11-5-3-2-4-6-11/h2-7,12,19H,8-10,16H2,1H3. The molecular weight excluding hydrogens is 238 g/mol. The molecule has 100 valence electrons. The summed E-state index contributed by atoms with van der Waals surface area (Å²) in [6.07, 6.45) is 1.24. The molecule has 1 aliphatic carbocycles. The number of benzene rings is 1. The Balaban J connectivity index is 1.98. The third-order valence-corrected chi connectivity index (χ3v) is 4.14. The third kappa shape index (κ3) is 1.97. The summed E-state index contributed by atoms with van der Waals surface area (Å²) >= 11 is 0. The lowest BCUT2D eigenvalue weighted by Gasteiger charge is -2.44. The van der Waals surface area contributed by atoms with Gasteiger partial charge in [0, 0.05) is 30.3 Å². The normalized spacial score (nSPS) is 26.2. The van der Waals surface area contributed by atoms with Crippen LogP contribution in [0.2, 0.25) is 0 Å². The Hall–Kier alpha value is -1.65. The number of aliphatic hydroxyl groups is 1. The van der Waals surface area contributed by atoms with E-state index >= 15 is 0 Å². The highest BCUT2D eigenvalue weighted by atomic mass is 16.3. The molecular formula is C15H19N3O. The number of hydrogen-bond acceptors (Lipinski definition) is 3. The van der Waals surface area contributed by atoms with Gasteiger partial charge in [0.05, 0.1) is 11.8 Å². The van der Waals surface area contributed by atoms with E-state index in [1.165, 1.54) is 0 Å². The summed E-state index contributed by atoms with van der Waals surface area (Å²) in [6.45, 7) is 0.553. The molecule has 1 aliphatic rings. The molecule has 0 atom stereocenters. The van der Waals surface area contributed by atoms with Gasteiger partial charge in [-0.1, -0.05) is 30.3 Å². The molecule has 1 heterocycles. The topological polar surface area (TPSA) is 64.1 Å². The highest BCUT2D eigenvalue weighted by Gasteiger charge is 2.45. The number of nitrogens with zero attached hydrogens (tertiary/aromatic N) is 2. The van der Waals surface area contributed by atoms with Crippen LogP contribution in [0.1, 0.15) is 18.5 Å². The maximum Gasteiger partial charge on any atom is 0.0926 e. The molecule has 0 unspecified atom stereocenters. The van der Waals surface area contributed by atoms with Crippen molar-refractivity contribution in [3.8, 4) is 11.3 Å². The van der Waals surface area contributed by atoms with Crippen LogP contribution in [0.15, 0.2) is 36.4 Å². The van der Waals surface area contributed by atoms with Gasteiger partial charge in [0.2, 0.25) is 0 Å². The molecule has 3 N–H and O–H groups in total. The molecule has 4 heteroatoms. The van der Waals surface area contributed by atoms with Gasteiger partial charge < -0.3 is 10.8 Å². The first-order valence-electron chi connectivity index (χ1n) is 6.63. The first-order valence-corrected chi connectivity index (χ1v) is 6.63. The molecule has 1 aromatic heterocycles. The number of aryl methyl sites for hydroxylation is 1. The summed E-state index contributed by atoms with van der Waals surface area (Å²) in [5.41, 5.74) is 9.02. The molecule has 0 saturated heterocycles. The number of hydrogen-bond donors (Lipinski definition) is 2. The van der Waals surface area contributed by atoms with E-state index in [1.807, 2.05) is 29.9 Å². The fourth-order valence-electron chi connectivity index (χ4n) is 3.04. The van der Waals surface area contributed by atoms with Crippen LogP contribution in [-0.4, -0.2) is 27.5 Å². The molecule has 0 bridgehead atoms. The van der Waals surface area contributed by atoms with Gasteiger partial charge in [-0.3, -0.25) is 4.68 Å². The van der Waals surface area contributed by atoms with Crippen molar-refractivity contribution in [1.29, 1.82) is 0 Å². The number of nitrogens with two attached hydrogens (primary N) is 1. The van der Waals surface area contributed by atoms with Crippen molar-refractivity contribution in [2.24, 2.45) is 12.8 Å². The van der Waals surface area contributed by atoms with Crippen LogP contribution >= 0.6 is 0 Å². The Labute approximate surface area is 112 Å². The maximum atomic E-state index is 9.61. The zero-order chi connectivity index (χ0) is 13.5. The molecule has 0 amide bonds. The summed E-state index contributed by atoms with van der Waals surface area (Å²) < 4.78 is 1.90. The molecule has 1 saturated carbocycles. The Morgan fingerprint density at radius 3 is 2.63 bits per heavy atom. The summed E-state index contributed by atoms with van der Waals surface area (Å²) in [6, 6.07) is 12.2. The lowest BCUT2D eigenvalue weighted by Crippen LogP contribution is -2.50. The number of aromatic nitrogens is 2. The summed E-state index contributed by atoms with van der Waals surface area (Å²) in [5.74, 6) is 0. The van der Waals surface area contributed by atoms with E-state index in [1.54, 1.807) is 0 Å². The second kappa shape index (κ2) is 4.47. The van der Waals surface area contributed by atoms with Crippen molar-refractivity contribution in [2.45, 2.75) is 24.4 Å². The first-order chi connectivity index (χ1) is 9.14. The highest BCUT2D eigenvalue weighted by Crippen LogP contribution is 2.43. The Bertz CT molecular complexity index is 570. The second-order valence-corrected chi connectivity index (χ2v) is 5.45. The fraction of sp³-hybridized carbons (Fsp3) is 0.400. The average Bonchev–Trinajstić information content (AvgIpc) is 2.78. The fourth-order valence-corrected chi connectivity index (χ4v) is 3.04. The Morgan fingerprint density at radius 2 is 2.05 bits per heavy atom. The van der Waals surface area contributed by atoms with Gasteiger partial charge >= 0.3 is 0 Å². The van der Waals surface area contributed by atoms with Gasteiger partial charge in [-0.2, -0.15) is 5.10 Å². The third-order valence-electron chi connectivity index (χ3n) is 4.14. The van der Waals surface area contributed by atoms with E-state index in [9.17, 15) is 5.11 Å².